The number of likely N-dealkylation sites (tertiary alicyclic amines) is 1. The molecule has 0 radical (unpaired) electrons. The summed E-state index contributed by atoms with van der Waals surface area (Å²) in [5.74, 6) is 0. The molecule has 0 aliphatic carbocycles. The standard InChI is InChI=1S/C20H28N4/c1-18-8-7-10-20(22-18)17-24(16-19-9-3-4-11-21-19)15-14-23-12-5-2-6-13-23/h3-4,7-11H,2,5-6,12-17H2,1H3. The van der Waals surface area contributed by atoms with Crippen LogP contribution in [-0.4, -0.2) is 45.9 Å². The molecular formula is C20H28N4. The molecule has 1 aliphatic rings. The summed E-state index contributed by atoms with van der Waals surface area (Å²) in [7, 11) is 0. The van der Waals surface area contributed by atoms with E-state index in [1.807, 2.05) is 12.3 Å². The van der Waals surface area contributed by atoms with Gasteiger partial charge in [-0.3, -0.25) is 14.9 Å². The maximum atomic E-state index is 4.67. The topological polar surface area (TPSA) is 32.3 Å². The average Bonchev–Trinajstić information content (AvgIpc) is 2.61. The second kappa shape index (κ2) is 8.90. The second-order valence-corrected chi connectivity index (χ2v) is 6.70. The lowest BCUT2D eigenvalue weighted by Crippen LogP contribution is -2.37. The van der Waals surface area contributed by atoms with Crippen molar-refractivity contribution in [3.63, 3.8) is 0 Å². The van der Waals surface area contributed by atoms with E-state index in [1.54, 1.807) is 0 Å². The Hall–Kier alpha value is -1.78. The Bertz CT molecular complexity index is 608. The molecule has 0 N–H and O–H groups in total. The van der Waals surface area contributed by atoms with Gasteiger partial charge in [-0.05, 0) is 57.1 Å². The fraction of sp³-hybridized carbons (Fsp3) is 0.500. The molecule has 24 heavy (non-hydrogen) atoms. The summed E-state index contributed by atoms with van der Waals surface area (Å²) in [6, 6.07) is 12.4. The van der Waals surface area contributed by atoms with E-state index in [0.717, 1.165) is 43.3 Å². The van der Waals surface area contributed by atoms with Crippen LogP contribution in [0.1, 0.15) is 36.3 Å². The summed E-state index contributed by atoms with van der Waals surface area (Å²) < 4.78 is 0. The zero-order chi connectivity index (χ0) is 16.6. The van der Waals surface area contributed by atoms with Crippen molar-refractivity contribution in [3.8, 4) is 0 Å². The number of aromatic nitrogens is 2. The van der Waals surface area contributed by atoms with E-state index in [0.29, 0.717) is 0 Å². The van der Waals surface area contributed by atoms with Crippen molar-refractivity contribution in [1.29, 1.82) is 0 Å². The molecule has 0 spiro atoms. The van der Waals surface area contributed by atoms with Gasteiger partial charge in [0.25, 0.3) is 0 Å². The predicted molar refractivity (Wildman–Crippen MR) is 97.6 cm³/mol. The van der Waals surface area contributed by atoms with E-state index in [2.05, 4.69) is 57.0 Å². The highest BCUT2D eigenvalue weighted by Crippen LogP contribution is 2.11. The first kappa shape index (κ1) is 17.1. The van der Waals surface area contributed by atoms with Gasteiger partial charge in [0.1, 0.15) is 0 Å². The third-order valence-electron chi connectivity index (χ3n) is 4.62. The molecule has 0 saturated carbocycles. The van der Waals surface area contributed by atoms with Gasteiger partial charge in [-0.2, -0.15) is 0 Å². The first-order valence-corrected chi connectivity index (χ1v) is 9.07. The summed E-state index contributed by atoms with van der Waals surface area (Å²) >= 11 is 0. The molecule has 3 rings (SSSR count). The van der Waals surface area contributed by atoms with E-state index in [1.165, 1.54) is 32.4 Å². The van der Waals surface area contributed by atoms with E-state index >= 15 is 0 Å². The fourth-order valence-electron chi connectivity index (χ4n) is 3.32. The maximum Gasteiger partial charge on any atom is 0.0547 e. The molecule has 0 unspecified atom stereocenters. The van der Waals surface area contributed by atoms with Crippen LogP contribution in [0.2, 0.25) is 0 Å². The number of nitrogens with zero attached hydrogens (tertiary/aromatic N) is 4. The third-order valence-corrected chi connectivity index (χ3v) is 4.62. The summed E-state index contributed by atoms with van der Waals surface area (Å²) in [4.78, 5) is 14.2. The molecule has 1 fully saturated rings. The summed E-state index contributed by atoms with van der Waals surface area (Å²) in [6.45, 7) is 8.52. The normalized spacial score (nSPS) is 15.8. The molecule has 1 aliphatic heterocycles. The van der Waals surface area contributed by atoms with Gasteiger partial charge in [-0.25, -0.2) is 0 Å². The Kier molecular flexibility index (Phi) is 6.33. The molecule has 2 aromatic rings. The molecule has 0 atom stereocenters. The van der Waals surface area contributed by atoms with Gasteiger partial charge in [0, 0.05) is 38.1 Å². The lowest BCUT2D eigenvalue weighted by molar-refractivity contribution is 0.171. The number of hydrogen-bond acceptors (Lipinski definition) is 4. The van der Waals surface area contributed by atoms with Crippen molar-refractivity contribution in [2.24, 2.45) is 0 Å². The summed E-state index contributed by atoms with van der Waals surface area (Å²) in [6.07, 6.45) is 5.96. The Morgan fingerprint density at radius 1 is 0.958 bits per heavy atom. The zero-order valence-corrected chi connectivity index (χ0v) is 14.7. The predicted octanol–water partition coefficient (Wildman–Crippen LogP) is 3.27. The third kappa shape index (κ3) is 5.39. The minimum Gasteiger partial charge on any atom is -0.302 e. The van der Waals surface area contributed by atoms with Gasteiger partial charge < -0.3 is 4.90 Å². The van der Waals surface area contributed by atoms with Crippen LogP contribution in [0.3, 0.4) is 0 Å². The van der Waals surface area contributed by atoms with Crippen LogP contribution in [0.15, 0.2) is 42.6 Å². The van der Waals surface area contributed by atoms with Crippen molar-refractivity contribution in [1.82, 2.24) is 19.8 Å². The molecular weight excluding hydrogens is 296 g/mol. The van der Waals surface area contributed by atoms with Crippen LogP contribution in [-0.2, 0) is 13.1 Å². The highest BCUT2D eigenvalue weighted by Gasteiger charge is 2.14. The quantitative estimate of drug-likeness (QED) is 0.782. The second-order valence-electron chi connectivity index (χ2n) is 6.70. The minimum absolute atomic E-state index is 0.879. The van der Waals surface area contributed by atoms with Gasteiger partial charge in [-0.15, -0.1) is 0 Å². The van der Waals surface area contributed by atoms with E-state index < -0.39 is 0 Å². The number of rotatable bonds is 7. The molecule has 1 saturated heterocycles. The number of pyridine rings is 2. The molecule has 0 amide bonds. The summed E-state index contributed by atoms with van der Waals surface area (Å²) in [5, 5.41) is 0. The molecule has 2 aromatic heterocycles. The number of aryl methyl sites for hydroxylation is 1. The first-order valence-electron chi connectivity index (χ1n) is 9.07. The Morgan fingerprint density at radius 2 is 1.75 bits per heavy atom. The molecule has 0 bridgehead atoms. The van der Waals surface area contributed by atoms with Crippen molar-refractivity contribution in [2.45, 2.75) is 39.3 Å². The highest BCUT2D eigenvalue weighted by atomic mass is 15.2. The van der Waals surface area contributed by atoms with Crippen LogP contribution in [0.25, 0.3) is 0 Å². The SMILES string of the molecule is Cc1cccc(CN(CCN2CCCCC2)Cc2ccccn2)n1. The van der Waals surface area contributed by atoms with Crippen molar-refractivity contribution < 1.29 is 0 Å². The smallest absolute Gasteiger partial charge is 0.0547 e. The monoisotopic (exact) mass is 324 g/mol. The molecule has 3 heterocycles. The van der Waals surface area contributed by atoms with Crippen molar-refractivity contribution >= 4 is 0 Å². The fourth-order valence-corrected chi connectivity index (χ4v) is 3.32. The lowest BCUT2D eigenvalue weighted by atomic mass is 10.1. The van der Waals surface area contributed by atoms with Gasteiger partial charge in [0.15, 0.2) is 0 Å². The maximum absolute atomic E-state index is 4.67. The Labute approximate surface area is 145 Å². The van der Waals surface area contributed by atoms with Crippen LogP contribution < -0.4 is 0 Å². The van der Waals surface area contributed by atoms with Gasteiger partial charge in [-0.1, -0.05) is 18.6 Å². The number of piperidine rings is 1. The summed E-state index contributed by atoms with van der Waals surface area (Å²) in [5.41, 5.74) is 3.36. The van der Waals surface area contributed by atoms with E-state index in [9.17, 15) is 0 Å². The number of hydrogen-bond donors (Lipinski definition) is 0. The average molecular weight is 324 g/mol. The van der Waals surface area contributed by atoms with Crippen LogP contribution >= 0.6 is 0 Å². The van der Waals surface area contributed by atoms with Crippen molar-refractivity contribution in [3.05, 3.63) is 59.7 Å². The van der Waals surface area contributed by atoms with Crippen LogP contribution in [0.4, 0.5) is 0 Å². The first-order chi connectivity index (χ1) is 11.8. The molecule has 4 heteroatoms. The Balaban J connectivity index is 1.63. The van der Waals surface area contributed by atoms with E-state index in [4.69, 9.17) is 0 Å². The minimum atomic E-state index is 0.879. The molecule has 0 aromatic carbocycles. The van der Waals surface area contributed by atoms with Crippen LogP contribution in [0.5, 0.6) is 0 Å². The zero-order valence-electron chi connectivity index (χ0n) is 14.7. The highest BCUT2D eigenvalue weighted by molar-refractivity contribution is 5.10. The lowest BCUT2D eigenvalue weighted by Gasteiger charge is -2.30. The van der Waals surface area contributed by atoms with Gasteiger partial charge >= 0.3 is 0 Å². The molecule has 128 valence electrons. The van der Waals surface area contributed by atoms with Crippen molar-refractivity contribution in [2.75, 3.05) is 26.2 Å². The molecule has 4 nitrogen and oxygen atoms in total. The van der Waals surface area contributed by atoms with Gasteiger partial charge in [0.05, 0.1) is 11.4 Å². The largest absolute Gasteiger partial charge is 0.302 e. The Morgan fingerprint density at radius 3 is 2.50 bits per heavy atom. The van der Waals surface area contributed by atoms with E-state index in [-0.39, 0.29) is 0 Å². The van der Waals surface area contributed by atoms with Gasteiger partial charge in [0.2, 0.25) is 0 Å². The van der Waals surface area contributed by atoms with Crippen LogP contribution in [0, 0.1) is 6.92 Å².